The molecule has 0 aliphatic carbocycles. The minimum atomic E-state index is 0.749. The van der Waals surface area contributed by atoms with Gasteiger partial charge in [0, 0.05) is 18.8 Å². The molecule has 2 atom stereocenters. The maximum atomic E-state index is 4.66. The van der Waals surface area contributed by atoms with E-state index in [4.69, 9.17) is 0 Å². The van der Waals surface area contributed by atoms with Crippen LogP contribution in [0.25, 0.3) is 0 Å². The summed E-state index contributed by atoms with van der Waals surface area (Å²) in [6, 6.07) is 0. The highest BCUT2D eigenvalue weighted by Crippen LogP contribution is 2.37. The van der Waals surface area contributed by atoms with Crippen molar-refractivity contribution in [3.63, 3.8) is 0 Å². The number of rotatable bonds is 16. The largest absolute Gasteiger partial charge is 0.371 e. The molecule has 1 aliphatic rings. The summed E-state index contributed by atoms with van der Waals surface area (Å²) in [5.41, 5.74) is 4.80. The first-order valence-corrected chi connectivity index (χ1v) is 13.7. The van der Waals surface area contributed by atoms with Gasteiger partial charge in [0.15, 0.2) is 0 Å². The van der Waals surface area contributed by atoms with Crippen LogP contribution < -0.4 is 0 Å². The SMILES string of the molecule is BC1CC(=C)C(=C(CCCCCC)CCCCCC)N(CCCCCCC)CC1C. The number of likely N-dealkylation sites (tertiary alicyclic amines) is 1. The second-order valence-corrected chi connectivity index (χ2v) is 10.2. The fourth-order valence-corrected chi connectivity index (χ4v) is 5.00. The molecule has 1 rings (SSSR count). The Hall–Kier alpha value is -0.655. The lowest BCUT2D eigenvalue weighted by Crippen LogP contribution is -2.29. The Balaban J connectivity index is 3.00. The van der Waals surface area contributed by atoms with Gasteiger partial charge in [0.05, 0.1) is 0 Å². The zero-order valence-corrected chi connectivity index (χ0v) is 21.5. The number of hydrogen-bond donors (Lipinski definition) is 0. The van der Waals surface area contributed by atoms with Crippen LogP contribution in [0.5, 0.6) is 0 Å². The van der Waals surface area contributed by atoms with Gasteiger partial charge in [-0.05, 0) is 55.6 Å². The minimum absolute atomic E-state index is 0.749. The molecule has 1 nitrogen and oxygen atoms in total. The monoisotopic (exact) mass is 415 g/mol. The van der Waals surface area contributed by atoms with Crippen LogP contribution >= 0.6 is 0 Å². The summed E-state index contributed by atoms with van der Waals surface area (Å²) in [5, 5.41) is 0. The van der Waals surface area contributed by atoms with Crippen molar-refractivity contribution in [1.82, 2.24) is 4.90 Å². The van der Waals surface area contributed by atoms with Gasteiger partial charge in [-0.25, -0.2) is 0 Å². The topological polar surface area (TPSA) is 3.24 Å². The lowest BCUT2D eigenvalue weighted by atomic mass is 9.74. The molecule has 0 aromatic heterocycles. The van der Waals surface area contributed by atoms with Crippen LogP contribution in [0.4, 0.5) is 0 Å². The number of hydrogen-bond acceptors (Lipinski definition) is 1. The Morgan fingerprint density at radius 1 is 0.833 bits per heavy atom. The van der Waals surface area contributed by atoms with E-state index in [2.05, 4.69) is 47.0 Å². The summed E-state index contributed by atoms with van der Waals surface area (Å²) < 4.78 is 0. The molecule has 2 heteroatoms. The summed E-state index contributed by atoms with van der Waals surface area (Å²) in [4.78, 5) is 2.79. The third kappa shape index (κ3) is 10.6. The Bertz CT molecular complexity index is 467. The summed E-state index contributed by atoms with van der Waals surface area (Å²) in [6.07, 6.45) is 21.6. The van der Waals surface area contributed by atoms with Crippen LogP contribution in [0, 0.1) is 5.92 Å². The molecule has 0 aromatic rings. The maximum Gasteiger partial charge on any atom is 0.106 e. The average Bonchev–Trinajstić information content (AvgIpc) is 2.82. The summed E-state index contributed by atoms with van der Waals surface area (Å²) in [7, 11) is 2.44. The molecule has 1 fully saturated rings. The molecule has 0 aromatic carbocycles. The first kappa shape index (κ1) is 27.4. The van der Waals surface area contributed by atoms with Gasteiger partial charge >= 0.3 is 0 Å². The highest BCUT2D eigenvalue weighted by Gasteiger charge is 2.27. The predicted molar refractivity (Wildman–Crippen MR) is 140 cm³/mol. The van der Waals surface area contributed by atoms with Crippen LogP contribution in [0.2, 0.25) is 5.82 Å². The average molecular weight is 416 g/mol. The highest BCUT2D eigenvalue weighted by molar-refractivity contribution is 6.12. The van der Waals surface area contributed by atoms with Crippen molar-refractivity contribution in [2.45, 2.75) is 136 Å². The first-order valence-electron chi connectivity index (χ1n) is 13.7. The lowest BCUT2D eigenvalue weighted by molar-refractivity contribution is 0.296. The van der Waals surface area contributed by atoms with E-state index in [1.807, 2.05) is 0 Å². The molecule has 30 heavy (non-hydrogen) atoms. The van der Waals surface area contributed by atoms with Crippen molar-refractivity contribution in [3.8, 4) is 0 Å². The summed E-state index contributed by atoms with van der Waals surface area (Å²) >= 11 is 0. The third-order valence-electron chi connectivity index (χ3n) is 7.23. The number of allylic oxidation sites excluding steroid dienone is 2. The molecule has 0 bridgehead atoms. The number of unbranched alkanes of at least 4 members (excludes halogenated alkanes) is 10. The van der Waals surface area contributed by atoms with Crippen LogP contribution in [0.1, 0.15) is 130 Å². The Morgan fingerprint density at radius 3 is 1.87 bits per heavy atom. The van der Waals surface area contributed by atoms with E-state index in [-0.39, 0.29) is 0 Å². The van der Waals surface area contributed by atoms with Crippen molar-refractivity contribution in [3.05, 3.63) is 23.4 Å². The van der Waals surface area contributed by atoms with Gasteiger partial charge in [-0.1, -0.05) is 104 Å². The second kappa shape index (κ2) is 17.0. The molecule has 0 amide bonds. The van der Waals surface area contributed by atoms with E-state index in [1.165, 1.54) is 121 Å². The van der Waals surface area contributed by atoms with Crippen LogP contribution in [0.3, 0.4) is 0 Å². The first-order chi connectivity index (χ1) is 14.5. The van der Waals surface area contributed by atoms with Crippen molar-refractivity contribution < 1.29 is 0 Å². The molecule has 0 N–H and O–H groups in total. The second-order valence-electron chi connectivity index (χ2n) is 10.2. The maximum absolute atomic E-state index is 4.66. The van der Waals surface area contributed by atoms with Crippen molar-refractivity contribution in [2.24, 2.45) is 5.92 Å². The van der Waals surface area contributed by atoms with Gasteiger partial charge in [-0.3, -0.25) is 0 Å². The van der Waals surface area contributed by atoms with E-state index in [0.29, 0.717) is 0 Å². The van der Waals surface area contributed by atoms with Gasteiger partial charge < -0.3 is 4.90 Å². The smallest absolute Gasteiger partial charge is 0.106 e. The fraction of sp³-hybridized carbons (Fsp3) is 0.857. The normalized spacial score (nSPS) is 19.9. The molecule has 0 radical (unpaired) electrons. The molecule has 2 unspecified atom stereocenters. The van der Waals surface area contributed by atoms with Gasteiger partial charge in [-0.2, -0.15) is 0 Å². The van der Waals surface area contributed by atoms with Crippen LogP contribution in [0.15, 0.2) is 23.4 Å². The van der Waals surface area contributed by atoms with Gasteiger partial charge in [-0.15, -0.1) is 0 Å². The molecule has 174 valence electrons. The Labute approximate surface area is 191 Å². The Kier molecular flexibility index (Phi) is 15.5. The standard InChI is InChI=1S/C28H54BN/c1-6-9-12-15-18-21-30-23-25(5)27(29)22-24(4)28(30)26(19-16-13-10-7-2)20-17-14-11-8-3/h25,27H,4,6-23,29H2,1-3,5H3. The lowest BCUT2D eigenvalue weighted by Gasteiger charge is -2.31. The molecule has 1 heterocycles. The van der Waals surface area contributed by atoms with E-state index < -0.39 is 0 Å². The summed E-state index contributed by atoms with van der Waals surface area (Å²) in [5.74, 6) is 1.51. The van der Waals surface area contributed by atoms with Gasteiger partial charge in [0.25, 0.3) is 0 Å². The van der Waals surface area contributed by atoms with Gasteiger partial charge in [0.2, 0.25) is 0 Å². The van der Waals surface area contributed by atoms with E-state index >= 15 is 0 Å². The molecule has 1 aliphatic heterocycles. The van der Waals surface area contributed by atoms with Crippen molar-refractivity contribution in [2.75, 3.05) is 13.1 Å². The van der Waals surface area contributed by atoms with Crippen LogP contribution in [-0.2, 0) is 0 Å². The van der Waals surface area contributed by atoms with E-state index in [0.717, 1.165) is 11.7 Å². The van der Waals surface area contributed by atoms with Crippen molar-refractivity contribution in [1.29, 1.82) is 0 Å². The van der Waals surface area contributed by atoms with E-state index in [1.54, 1.807) is 11.3 Å². The molecular formula is C28H54BN. The predicted octanol–water partition coefficient (Wildman–Crippen LogP) is 8.47. The third-order valence-corrected chi connectivity index (χ3v) is 7.23. The highest BCUT2D eigenvalue weighted by atomic mass is 15.1. The molecular weight excluding hydrogens is 361 g/mol. The number of nitrogens with zero attached hydrogens (tertiary/aromatic N) is 1. The van der Waals surface area contributed by atoms with Crippen LogP contribution in [-0.4, -0.2) is 25.8 Å². The molecule has 0 spiro atoms. The zero-order valence-electron chi connectivity index (χ0n) is 21.5. The quantitative estimate of drug-likeness (QED) is 0.180. The molecule has 0 saturated carbocycles. The molecule has 1 saturated heterocycles. The minimum Gasteiger partial charge on any atom is -0.371 e. The Morgan fingerprint density at radius 2 is 1.33 bits per heavy atom. The van der Waals surface area contributed by atoms with Gasteiger partial charge in [0.1, 0.15) is 7.85 Å². The zero-order chi connectivity index (χ0) is 22.2. The fourth-order valence-electron chi connectivity index (χ4n) is 5.00. The van der Waals surface area contributed by atoms with E-state index in [9.17, 15) is 0 Å². The van der Waals surface area contributed by atoms with Crippen molar-refractivity contribution >= 4 is 7.85 Å². The summed E-state index contributed by atoms with van der Waals surface area (Å²) in [6.45, 7) is 16.5.